The molecule has 188 valence electrons. The largest absolute Gasteiger partial charge is 0.333 e. The molecule has 0 atom stereocenters. The van der Waals surface area contributed by atoms with Crippen LogP contribution in [0.2, 0.25) is 0 Å². The lowest BCUT2D eigenvalue weighted by Gasteiger charge is -2.57. The van der Waals surface area contributed by atoms with Crippen molar-refractivity contribution in [2.45, 2.75) is 84.0 Å². The molecule has 4 aliphatic carbocycles. The lowest BCUT2D eigenvalue weighted by Crippen LogP contribution is -2.63. The number of benzene rings is 1. The first kappa shape index (κ1) is 24.4. The van der Waals surface area contributed by atoms with Gasteiger partial charge in [0.15, 0.2) is 0 Å². The van der Waals surface area contributed by atoms with E-state index in [9.17, 15) is 9.59 Å². The Bertz CT molecular complexity index is 1010. The molecule has 1 N–H and O–H groups in total. The second-order valence-corrected chi connectivity index (χ2v) is 13.0. The first-order chi connectivity index (χ1) is 16.8. The van der Waals surface area contributed by atoms with E-state index in [4.69, 9.17) is 0 Å². The number of hydrogen-bond donors (Lipinski definition) is 1. The van der Waals surface area contributed by atoms with Crippen LogP contribution in [0.1, 0.15) is 67.7 Å². The molecule has 4 fully saturated rings. The summed E-state index contributed by atoms with van der Waals surface area (Å²) in [5, 5.41) is 3.47. The van der Waals surface area contributed by atoms with Crippen molar-refractivity contribution in [3.63, 3.8) is 0 Å². The molecular formula is C29H39N3O2S. The Kier molecular flexibility index (Phi) is 6.93. The van der Waals surface area contributed by atoms with Crippen molar-refractivity contribution in [2.24, 2.45) is 17.8 Å². The molecule has 5 nitrogen and oxygen atoms in total. The fourth-order valence-corrected chi connectivity index (χ4v) is 8.00. The Morgan fingerprint density at radius 2 is 1.60 bits per heavy atom. The number of carbonyl (C=O) groups excluding carboxylic acids is 2. The quantitative estimate of drug-likeness (QED) is 0.492. The Balaban J connectivity index is 1.29. The van der Waals surface area contributed by atoms with E-state index in [0.717, 1.165) is 42.6 Å². The molecule has 0 aliphatic heterocycles. The van der Waals surface area contributed by atoms with Gasteiger partial charge in [0, 0.05) is 27.9 Å². The van der Waals surface area contributed by atoms with Gasteiger partial charge in [0.2, 0.25) is 5.91 Å². The van der Waals surface area contributed by atoms with Gasteiger partial charge in [0.05, 0.1) is 6.54 Å². The van der Waals surface area contributed by atoms with Crippen LogP contribution in [-0.4, -0.2) is 39.9 Å². The van der Waals surface area contributed by atoms with Crippen molar-refractivity contribution in [3.05, 3.63) is 57.8 Å². The first-order valence-corrected chi connectivity index (χ1v) is 14.1. The van der Waals surface area contributed by atoms with Crippen LogP contribution >= 0.6 is 11.3 Å². The summed E-state index contributed by atoms with van der Waals surface area (Å²) < 4.78 is 0. The van der Waals surface area contributed by atoms with Gasteiger partial charge in [0.25, 0.3) is 0 Å². The van der Waals surface area contributed by atoms with Gasteiger partial charge in [-0.25, -0.2) is 4.79 Å². The number of thiophene rings is 1. The van der Waals surface area contributed by atoms with Gasteiger partial charge in [-0.3, -0.25) is 4.79 Å². The molecule has 1 aromatic carbocycles. The molecule has 0 radical (unpaired) electrons. The second-order valence-electron chi connectivity index (χ2n) is 11.6. The van der Waals surface area contributed by atoms with Crippen LogP contribution in [-0.2, 0) is 17.9 Å². The Hall–Kier alpha value is -2.34. The standard InChI is InChI=1S/C29H39N3O2S/c1-20(2)32(28(34)30-29-14-23-11-24(15-29)13-25(12-23)16-29)19-27(33)31(17-22-7-5-4-6-8-22)18-26-10-9-21(3)35-26/h4-10,20,23-25H,11-19H2,1-3H3,(H,30,34). The molecule has 3 amide bonds. The topological polar surface area (TPSA) is 52.7 Å². The van der Waals surface area contributed by atoms with E-state index in [2.05, 4.69) is 36.5 Å². The van der Waals surface area contributed by atoms with Crippen LogP contribution in [0.5, 0.6) is 0 Å². The number of nitrogens with one attached hydrogen (secondary N) is 1. The molecule has 0 saturated heterocycles. The van der Waals surface area contributed by atoms with Gasteiger partial charge in [-0.05, 0) is 94.7 Å². The first-order valence-electron chi connectivity index (χ1n) is 13.2. The van der Waals surface area contributed by atoms with Crippen molar-refractivity contribution in [1.29, 1.82) is 0 Å². The summed E-state index contributed by atoms with van der Waals surface area (Å²) in [5.41, 5.74) is 1.04. The van der Waals surface area contributed by atoms with Crippen LogP contribution < -0.4 is 5.32 Å². The zero-order valence-corrected chi connectivity index (χ0v) is 22.2. The van der Waals surface area contributed by atoms with Crippen molar-refractivity contribution < 1.29 is 9.59 Å². The molecule has 1 aromatic heterocycles. The zero-order chi connectivity index (χ0) is 24.6. The Morgan fingerprint density at radius 1 is 0.971 bits per heavy atom. The van der Waals surface area contributed by atoms with E-state index in [1.165, 1.54) is 29.0 Å². The summed E-state index contributed by atoms with van der Waals surface area (Å²) in [5.74, 6) is 2.30. The normalized spacial score (nSPS) is 26.7. The minimum atomic E-state index is -0.0677. The van der Waals surface area contributed by atoms with E-state index in [1.54, 1.807) is 16.2 Å². The molecule has 4 aliphatic rings. The molecule has 4 bridgehead atoms. The van der Waals surface area contributed by atoms with E-state index in [1.807, 2.05) is 36.9 Å². The Morgan fingerprint density at radius 3 is 2.14 bits per heavy atom. The number of nitrogens with zero attached hydrogens (tertiary/aromatic N) is 2. The molecule has 35 heavy (non-hydrogen) atoms. The summed E-state index contributed by atoms with van der Waals surface area (Å²) in [6, 6.07) is 14.2. The summed E-state index contributed by atoms with van der Waals surface area (Å²) >= 11 is 1.73. The van der Waals surface area contributed by atoms with Gasteiger partial charge in [0.1, 0.15) is 6.54 Å². The summed E-state index contributed by atoms with van der Waals surface area (Å²) in [6.45, 7) is 7.32. The molecule has 1 heterocycles. The smallest absolute Gasteiger partial charge is 0.318 e. The second kappa shape index (κ2) is 9.96. The predicted octanol–water partition coefficient (Wildman–Crippen LogP) is 5.97. The number of urea groups is 1. The number of amides is 3. The number of hydrogen-bond acceptors (Lipinski definition) is 3. The Labute approximate surface area is 213 Å². The average molecular weight is 494 g/mol. The van der Waals surface area contributed by atoms with Crippen LogP contribution in [0, 0.1) is 24.7 Å². The maximum Gasteiger partial charge on any atom is 0.318 e. The molecule has 0 spiro atoms. The molecule has 4 saturated carbocycles. The highest BCUT2D eigenvalue weighted by Gasteiger charge is 2.52. The number of aryl methyl sites for hydroxylation is 1. The summed E-state index contributed by atoms with van der Waals surface area (Å²) in [6.07, 6.45) is 7.38. The number of rotatable bonds is 8. The monoisotopic (exact) mass is 493 g/mol. The highest BCUT2D eigenvalue weighted by atomic mass is 32.1. The third-order valence-corrected chi connectivity index (χ3v) is 9.30. The maximum absolute atomic E-state index is 13.7. The van der Waals surface area contributed by atoms with Crippen LogP contribution in [0.3, 0.4) is 0 Å². The van der Waals surface area contributed by atoms with Gasteiger partial charge in [-0.15, -0.1) is 11.3 Å². The third kappa shape index (κ3) is 5.58. The van der Waals surface area contributed by atoms with E-state index < -0.39 is 0 Å². The fraction of sp³-hybridized carbons (Fsp3) is 0.586. The van der Waals surface area contributed by atoms with Crippen molar-refractivity contribution in [3.8, 4) is 0 Å². The highest BCUT2D eigenvalue weighted by molar-refractivity contribution is 7.11. The molecule has 0 unspecified atom stereocenters. The van der Waals surface area contributed by atoms with E-state index >= 15 is 0 Å². The van der Waals surface area contributed by atoms with Crippen LogP contribution in [0.25, 0.3) is 0 Å². The lowest BCUT2D eigenvalue weighted by atomic mass is 9.53. The maximum atomic E-state index is 13.7. The average Bonchev–Trinajstić information content (AvgIpc) is 3.20. The molecule has 2 aromatic rings. The predicted molar refractivity (Wildman–Crippen MR) is 141 cm³/mol. The number of carbonyl (C=O) groups is 2. The van der Waals surface area contributed by atoms with Gasteiger partial charge < -0.3 is 15.1 Å². The lowest BCUT2D eigenvalue weighted by molar-refractivity contribution is -0.133. The highest BCUT2D eigenvalue weighted by Crippen LogP contribution is 2.55. The third-order valence-electron chi connectivity index (χ3n) is 8.31. The zero-order valence-electron chi connectivity index (χ0n) is 21.3. The van der Waals surface area contributed by atoms with Crippen molar-refractivity contribution >= 4 is 23.3 Å². The molecular weight excluding hydrogens is 454 g/mol. The van der Waals surface area contributed by atoms with Gasteiger partial charge >= 0.3 is 6.03 Å². The van der Waals surface area contributed by atoms with E-state index in [-0.39, 0.29) is 30.1 Å². The van der Waals surface area contributed by atoms with Crippen LogP contribution in [0.4, 0.5) is 4.79 Å². The summed E-state index contributed by atoms with van der Waals surface area (Å²) in [4.78, 5) is 33.3. The van der Waals surface area contributed by atoms with Gasteiger partial charge in [-0.1, -0.05) is 30.3 Å². The molecule has 6 rings (SSSR count). The van der Waals surface area contributed by atoms with E-state index in [0.29, 0.717) is 13.1 Å². The van der Waals surface area contributed by atoms with Crippen molar-refractivity contribution in [2.75, 3.05) is 6.54 Å². The van der Waals surface area contributed by atoms with Crippen LogP contribution in [0.15, 0.2) is 42.5 Å². The fourth-order valence-electron chi connectivity index (χ4n) is 7.09. The SMILES string of the molecule is Cc1ccc(CN(Cc2ccccc2)C(=O)CN(C(=O)NC23CC4CC(CC(C4)C2)C3)C(C)C)s1. The summed E-state index contributed by atoms with van der Waals surface area (Å²) in [7, 11) is 0. The van der Waals surface area contributed by atoms with Gasteiger partial charge in [-0.2, -0.15) is 0 Å². The minimum absolute atomic E-state index is 0.00531. The molecule has 6 heteroatoms. The van der Waals surface area contributed by atoms with Crippen molar-refractivity contribution in [1.82, 2.24) is 15.1 Å². The minimum Gasteiger partial charge on any atom is -0.333 e.